The van der Waals surface area contributed by atoms with Gasteiger partial charge in [-0.15, -0.1) is 0 Å². The molecule has 0 fully saturated rings. The van der Waals surface area contributed by atoms with E-state index in [2.05, 4.69) is 0 Å². The Balaban J connectivity index is 1.38. The molecule has 49 heavy (non-hydrogen) atoms. The third-order valence-corrected chi connectivity index (χ3v) is 8.82. The van der Waals surface area contributed by atoms with Crippen molar-refractivity contribution in [3.63, 3.8) is 0 Å². The number of hydrogen-bond donors (Lipinski definition) is 0. The van der Waals surface area contributed by atoms with Crippen LogP contribution in [0, 0.1) is 0 Å². The molecular formula is C48H30O. The highest BCUT2D eigenvalue weighted by molar-refractivity contribution is 6.24. The Kier molecular flexibility index (Phi) is 3.54. The molecule has 10 rings (SSSR count). The van der Waals surface area contributed by atoms with E-state index in [0.717, 1.165) is 21.9 Å². The average molecular weight is 640 g/mol. The topological polar surface area (TPSA) is 13.1 Å². The molecular weight excluding hydrogens is 593 g/mol. The standard InChI is InChI=1S/C48H30O/c1-3-14-31(15-4-1)35-24-13-25-44-48(35)43-27-26-33(30-45(43)49-44)34-28-29-42(37-19-8-7-18-36(34)37)47-40-22-11-9-20-38(40)46(32-16-5-2-6-17-32)39-21-10-12-23-41(39)47/h1-30H/i1D,3D,4D,7D,8D,13D,14D,15D,18D,19D,24D,25D,26D,27D,28D,29D,30D. The Morgan fingerprint density at radius 2 is 0.959 bits per heavy atom. The quantitative estimate of drug-likeness (QED) is 0.175. The molecule has 1 heterocycles. The second-order valence-electron chi connectivity index (χ2n) is 11.5. The minimum Gasteiger partial charge on any atom is -0.456 e. The average Bonchev–Trinajstić information content (AvgIpc) is 3.73. The third-order valence-electron chi connectivity index (χ3n) is 8.82. The molecule has 0 radical (unpaired) electrons. The summed E-state index contributed by atoms with van der Waals surface area (Å²) in [6.45, 7) is 0. The maximum Gasteiger partial charge on any atom is 0.136 e. The predicted molar refractivity (Wildman–Crippen MR) is 208 cm³/mol. The first-order valence-electron chi connectivity index (χ1n) is 24.0. The Labute approximate surface area is 308 Å². The van der Waals surface area contributed by atoms with Gasteiger partial charge in [-0.2, -0.15) is 0 Å². The molecule has 0 saturated carbocycles. The first-order chi connectivity index (χ1) is 31.4. The van der Waals surface area contributed by atoms with Gasteiger partial charge in [-0.1, -0.05) is 163 Å². The van der Waals surface area contributed by atoms with Crippen molar-refractivity contribution in [1.82, 2.24) is 0 Å². The first kappa shape index (κ1) is 15.6. The van der Waals surface area contributed by atoms with E-state index >= 15 is 0 Å². The van der Waals surface area contributed by atoms with E-state index in [-0.39, 0.29) is 27.1 Å². The monoisotopic (exact) mass is 639 g/mol. The van der Waals surface area contributed by atoms with Crippen molar-refractivity contribution >= 4 is 54.3 Å². The number of fused-ring (bicyclic) bond motifs is 6. The molecule has 0 saturated heterocycles. The van der Waals surface area contributed by atoms with Gasteiger partial charge >= 0.3 is 0 Å². The molecule has 1 heteroatoms. The molecule has 0 aliphatic carbocycles. The summed E-state index contributed by atoms with van der Waals surface area (Å²) >= 11 is 0. The predicted octanol–water partition coefficient (Wildman–Crippen LogP) is 13.7. The highest BCUT2D eigenvalue weighted by Crippen LogP contribution is 2.47. The van der Waals surface area contributed by atoms with E-state index < -0.39 is 136 Å². The maximum atomic E-state index is 9.82. The lowest BCUT2D eigenvalue weighted by Gasteiger charge is -2.19. The lowest BCUT2D eigenvalue weighted by atomic mass is 9.84. The van der Waals surface area contributed by atoms with Crippen molar-refractivity contribution in [2.75, 3.05) is 0 Å². The summed E-state index contributed by atoms with van der Waals surface area (Å²) < 4.78 is 159. The Hall–Kier alpha value is -6.44. The number of rotatable bonds is 4. The van der Waals surface area contributed by atoms with Gasteiger partial charge in [0, 0.05) is 10.8 Å². The van der Waals surface area contributed by atoms with Crippen LogP contribution >= 0.6 is 0 Å². The van der Waals surface area contributed by atoms with E-state index in [0.29, 0.717) is 16.3 Å². The van der Waals surface area contributed by atoms with Gasteiger partial charge in [0.15, 0.2) is 0 Å². The number of hydrogen-bond acceptors (Lipinski definition) is 1. The number of benzene rings is 9. The fourth-order valence-corrected chi connectivity index (χ4v) is 6.76. The summed E-state index contributed by atoms with van der Waals surface area (Å²) in [6, 6.07) is 12.7. The Morgan fingerprint density at radius 1 is 0.347 bits per heavy atom. The normalized spacial score (nSPS) is 16.5. The fourth-order valence-electron chi connectivity index (χ4n) is 6.76. The Morgan fingerprint density at radius 3 is 1.67 bits per heavy atom. The molecule has 10 aromatic rings. The zero-order chi connectivity index (χ0) is 47.1. The molecule has 0 bridgehead atoms. The van der Waals surface area contributed by atoms with Crippen LogP contribution in [0.15, 0.2) is 186 Å². The second kappa shape index (κ2) is 11.1. The zero-order valence-corrected chi connectivity index (χ0v) is 25.4. The van der Waals surface area contributed by atoms with Gasteiger partial charge in [0.05, 0.1) is 23.3 Å². The van der Waals surface area contributed by atoms with Crippen LogP contribution in [0.4, 0.5) is 0 Å². The summed E-state index contributed by atoms with van der Waals surface area (Å²) in [5.74, 6) is 0. The first-order valence-corrected chi connectivity index (χ1v) is 15.5. The molecule has 1 nitrogen and oxygen atoms in total. The van der Waals surface area contributed by atoms with Gasteiger partial charge in [-0.3, -0.25) is 0 Å². The highest BCUT2D eigenvalue weighted by Gasteiger charge is 2.19. The number of furan rings is 1. The van der Waals surface area contributed by atoms with E-state index in [4.69, 9.17) is 18.1 Å². The fraction of sp³-hybridized carbons (Fsp3) is 0. The molecule has 0 aliphatic heterocycles. The largest absolute Gasteiger partial charge is 0.456 e. The van der Waals surface area contributed by atoms with Crippen LogP contribution in [-0.2, 0) is 0 Å². The molecule has 0 unspecified atom stereocenters. The van der Waals surface area contributed by atoms with Crippen LogP contribution in [0.5, 0.6) is 0 Å². The van der Waals surface area contributed by atoms with E-state index in [9.17, 15) is 9.60 Å². The van der Waals surface area contributed by atoms with Crippen LogP contribution in [0.2, 0.25) is 0 Å². The second-order valence-corrected chi connectivity index (χ2v) is 11.5. The molecule has 0 N–H and O–H groups in total. The minimum atomic E-state index is -0.771. The van der Waals surface area contributed by atoms with Crippen LogP contribution in [0.3, 0.4) is 0 Å². The van der Waals surface area contributed by atoms with Crippen LogP contribution < -0.4 is 0 Å². The highest BCUT2D eigenvalue weighted by atomic mass is 16.3. The summed E-state index contributed by atoms with van der Waals surface area (Å²) in [5, 5.41) is 1.58. The Bertz CT molecular complexity index is 3760. The maximum absolute atomic E-state index is 9.82. The summed E-state index contributed by atoms with van der Waals surface area (Å²) in [6.07, 6.45) is 0. The molecule has 0 aliphatic rings. The zero-order valence-electron chi connectivity index (χ0n) is 42.4. The van der Waals surface area contributed by atoms with E-state index in [1.54, 1.807) is 0 Å². The SMILES string of the molecule is [2H]c1c([2H])c([2H])c(-c2c([2H])c([2H])c([2H])c3oc4c([2H])c(-c5c([2H])c([2H])c(-c6c7ccccc7c(-c7ccccc7)c7ccccc67)c6c([2H])c([2H])c([2H])c([2H])c56)c([2H])c([2H])c4c23)c([2H])c1[2H]. The summed E-state index contributed by atoms with van der Waals surface area (Å²) in [7, 11) is 0. The summed E-state index contributed by atoms with van der Waals surface area (Å²) in [5.41, 5.74) is -0.754. The lowest BCUT2D eigenvalue weighted by Crippen LogP contribution is -1.92. The third kappa shape index (κ3) is 4.33. The van der Waals surface area contributed by atoms with E-state index in [1.807, 2.05) is 78.9 Å². The van der Waals surface area contributed by atoms with Gasteiger partial charge in [0.25, 0.3) is 0 Å². The van der Waals surface area contributed by atoms with Crippen molar-refractivity contribution in [3.8, 4) is 44.5 Å². The van der Waals surface area contributed by atoms with Crippen LogP contribution in [0.1, 0.15) is 23.3 Å². The minimum absolute atomic E-state index is 0.000190. The smallest absolute Gasteiger partial charge is 0.136 e. The molecule has 0 amide bonds. The molecule has 0 spiro atoms. The van der Waals surface area contributed by atoms with Crippen LogP contribution in [0.25, 0.3) is 98.8 Å². The molecule has 228 valence electrons. The van der Waals surface area contributed by atoms with Gasteiger partial charge in [-0.05, 0) is 95.0 Å². The van der Waals surface area contributed by atoms with Crippen molar-refractivity contribution < 1.29 is 27.7 Å². The van der Waals surface area contributed by atoms with Crippen molar-refractivity contribution in [2.45, 2.75) is 0 Å². The molecule has 9 aromatic carbocycles. The molecule has 0 atom stereocenters. The van der Waals surface area contributed by atoms with Gasteiger partial charge in [0.2, 0.25) is 0 Å². The van der Waals surface area contributed by atoms with Gasteiger partial charge < -0.3 is 4.42 Å². The van der Waals surface area contributed by atoms with Crippen molar-refractivity contribution in [2.24, 2.45) is 0 Å². The summed E-state index contributed by atoms with van der Waals surface area (Å²) in [4.78, 5) is 0. The van der Waals surface area contributed by atoms with Crippen molar-refractivity contribution in [3.05, 3.63) is 182 Å². The van der Waals surface area contributed by atoms with Gasteiger partial charge in [0.1, 0.15) is 11.2 Å². The van der Waals surface area contributed by atoms with Crippen LogP contribution in [-0.4, -0.2) is 0 Å². The van der Waals surface area contributed by atoms with Gasteiger partial charge in [-0.25, -0.2) is 0 Å². The lowest BCUT2D eigenvalue weighted by molar-refractivity contribution is 0.669. The van der Waals surface area contributed by atoms with E-state index in [1.165, 1.54) is 0 Å². The molecule has 1 aromatic heterocycles. The van der Waals surface area contributed by atoms with Crippen molar-refractivity contribution in [1.29, 1.82) is 0 Å².